The number of thiazole rings is 1. The summed E-state index contributed by atoms with van der Waals surface area (Å²) in [5.74, 6) is 0. The molecule has 0 saturated carbocycles. The number of hydrogen-bond acceptors (Lipinski definition) is 5. The average Bonchev–Trinajstić information content (AvgIpc) is 3.17. The minimum atomic E-state index is 0.358. The molecule has 0 unspecified atom stereocenters. The number of nitrogens with one attached hydrogen (secondary N) is 1. The molecule has 0 bridgehead atoms. The van der Waals surface area contributed by atoms with Crippen molar-refractivity contribution in [3.8, 4) is 9.88 Å². The second kappa shape index (κ2) is 6.51. The first-order valence-electron chi connectivity index (χ1n) is 6.91. The van der Waals surface area contributed by atoms with E-state index < -0.39 is 0 Å². The Hall–Kier alpha value is -1.50. The SMILES string of the molecule is Cc1cnn(C[C@@H](C)NCc2csc(-c3cccs3)n2)c1. The molecular weight excluding hydrogens is 300 g/mol. The summed E-state index contributed by atoms with van der Waals surface area (Å²) >= 11 is 3.44. The van der Waals surface area contributed by atoms with Gasteiger partial charge in [-0.25, -0.2) is 4.98 Å². The third-order valence-electron chi connectivity index (χ3n) is 3.14. The van der Waals surface area contributed by atoms with Crippen LogP contribution in [-0.4, -0.2) is 20.8 Å². The van der Waals surface area contributed by atoms with E-state index in [0.717, 1.165) is 23.8 Å². The van der Waals surface area contributed by atoms with Crippen molar-refractivity contribution in [3.63, 3.8) is 0 Å². The zero-order valence-corrected chi connectivity index (χ0v) is 13.7. The minimum Gasteiger partial charge on any atom is -0.307 e. The molecule has 0 amide bonds. The van der Waals surface area contributed by atoms with Gasteiger partial charge >= 0.3 is 0 Å². The second-order valence-electron chi connectivity index (χ2n) is 5.14. The van der Waals surface area contributed by atoms with Crippen LogP contribution in [0.15, 0.2) is 35.3 Å². The molecule has 0 aliphatic carbocycles. The summed E-state index contributed by atoms with van der Waals surface area (Å²) < 4.78 is 1.98. The summed E-state index contributed by atoms with van der Waals surface area (Å²) in [6, 6.07) is 4.54. The Labute approximate surface area is 132 Å². The average molecular weight is 318 g/mol. The first-order valence-corrected chi connectivity index (χ1v) is 8.67. The fourth-order valence-electron chi connectivity index (χ4n) is 2.09. The molecular formula is C15H18N4S2. The Morgan fingerprint density at radius 3 is 3.00 bits per heavy atom. The molecule has 1 N–H and O–H groups in total. The summed E-state index contributed by atoms with van der Waals surface area (Å²) in [5, 5.41) is 13.1. The molecule has 110 valence electrons. The van der Waals surface area contributed by atoms with E-state index in [4.69, 9.17) is 0 Å². The lowest BCUT2D eigenvalue weighted by atomic mass is 10.3. The lowest BCUT2D eigenvalue weighted by molar-refractivity contribution is 0.449. The molecule has 6 heteroatoms. The Kier molecular flexibility index (Phi) is 4.48. The zero-order valence-electron chi connectivity index (χ0n) is 12.1. The Bertz CT molecular complexity index is 684. The van der Waals surface area contributed by atoms with Gasteiger partial charge in [0.1, 0.15) is 5.01 Å². The van der Waals surface area contributed by atoms with Gasteiger partial charge in [0.05, 0.1) is 23.3 Å². The Morgan fingerprint density at radius 2 is 2.29 bits per heavy atom. The molecule has 0 aromatic carbocycles. The maximum Gasteiger partial charge on any atom is 0.133 e. The van der Waals surface area contributed by atoms with Gasteiger partial charge in [0, 0.05) is 24.2 Å². The molecule has 0 aliphatic rings. The molecule has 3 aromatic rings. The fourth-order valence-corrected chi connectivity index (χ4v) is 3.73. The van der Waals surface area contributed by atoms with Gasteiger partial charge in [0.25, 0.3) is 0 Å². The summed E-state index contributed by atoms with van der Waals surface area (Å²) in [6.07, 6.45) is 3.95. The van der Waals surface area contributed by atoms with Crippen LogP contribution in [0.5, 0.6) is 0 Å². The Morgan fingerprint density at radius 1 is 1.38 bits per heavy atom. The first-order chi connectivity index (χ1) is 10.2. The minimum absolute atomic E-state index is 0.358. The van der Waals surface area contributed by atoms with E-state index in [1.807, 2.05) is 10.9 Å². The topological polar surface area (TPSA) is 42.7 Å². The monoisotopic (exact) mass is 318 g/mol. The predicted molar refractivity (Wildman–Crippen MR) is 88.7 cm³/mol. The molecule has 0 fully saturated rings. The van der Waals surface area contributed by atoms with E-state index in [9.17, 15) is 0 Å². The van der Waals surface area contributed by atoms with Crippen LogP contribution in [0.2, 0.25) is 0 Å². The van der Waals surface area contributed by atoms with Crippen LogP contribution in [0.1, 0.15) is 18.2 Å². The van der Waals surface area contributed by atoms with Gasteiger partial charge in [-0.15, -0.1) is 22.7 Å². The Balaban J connectivity index is 1.53. The van der Waals surface area contributed by atoms with Crippen LogP contribution in [0.25, 0.3) is 9.88 Å². The summed E-state index contributed by atoms with van der Waals surface area (Å²) in [6.45, 7) is 5.89. The molecule has 3 heterocycles. The summed E-state index contributed by atoms with van der Waals surface area (Å²) in [7, 11) is 0. The van der Waals surface area contributed by atoms with Crippen molar-refractivity contribution in [1.82, 2.24) is 20.1 Å². The normalized spacial score (nSPS) is 12.7. The van der Waals surface area contributed by atoms with Crippen molar-refractivity contribution in [2.75, 3.05) is 0 Å². The van der Waals surface area contributed by atoms with Crippen LogP contribution >= 0.6 is 22.7 Å². The van der Waals surface area contributed by atoms with Crippen LogP contribution in [0.4, 0.5) is 0 Å². The summed E-state index contributed by atoms with van der Waals surface area (Å²) in [5.41, 5.74) is 2.30. The molecule has 21 heavy (non-hydrogen) atoms. The van der Waals surface area contributed by atoms with Gasteiger partial charge in [-0.05, 0) is 30.9 Å². The first kappa shape index (κ1) is 14.4. The van der Waals surface area contributed by atoms with Crippen molar-refractivity contribution >= 4 is 22.7 Å². The summed E-state index contributed by atoms with van der Waals surface area (Å²) in [4.78, 5) is 5.92. The molecule has 3 rings (SSSR count). The van der Waals surface area contributed by atoms with E-state index in [0.29, 0.717) is 6.04 Å². The third kappa shape index (κ3) is 3.78. The highest BCUT2D eigenvalue weighted by Crippen LogP contribution is 2.27. The molecule has 0 radical (unpaired) electrons. The number of aromatic nitrogens is 3. The largest absolute Gasteiger partial charge is 0.307 e. The van der Waals surface area contributed by atoms with Gasteiger partial charge in [0.15, 0.2) is 0 Å². The maximum absolute atomic E-state index is 4.68. The zero-order chi connectivity index (χ0) is 14.7. The van der Waals surface area contributed by atoms with Gasteiger partial charge in [0.2, 0.25) is 0 Å². The molecule has 0 spiro atoms. The molecule has 3 aromatic heterocycles. The van der Waals surface area contributed by atoms with Gasteiger partial charge in [-0.2, -0.15) is 5.10 Å². The molecule has 0 saturated heterocycles. The number of aryl methyl sites for hydroxylation is 1. The highest BCUT2D eigenvalue weighted by atomic mass is 32.1. The van der Waals surface area contributed by atoms with E-state index in [1.54, 1.807) is 22.7 Å². The van der Waals surface area contributed by atoms with Crippen molar-refractivity contribution < 1.29 is 0 Å². The highest BCUT2D eigenvalue weighted by molar-refractivity contribution is 7.20. The standard InChI is InChI=1S/C15H18N4S2/c1-11-6-17-19(8-11)9-12(2)16-7-13-10-21-15(18-13)14-4-3-5-20-14/h3-6,8,10,12,16H,7,9H2,1-2H3/t12-/m1/s1. The van der Waals surface area contributed by atoms with Gasteiger partial charge in [-0.3, -0.25) is 4.68 Å². The van der Waals surface area contributed by atoms with Crippen molar-refractivity contribution in [3.05, 3.63) is 46.5 Å². The lowest BCUT2D eigenvalue weighted by Crippen LogP contribution is -2.30. The van der Waals surface area contributed by atoms with Crippen molar-refractivity contribution in [2.24, 2.45) is 0 Å². The predicted octanol–water partition coefficient (Wildman–Crippen LogP) is 3.55. The smallest absolute Gasteiger partial charge is 0.133 e. The lowest BCUT2D eigenvalue weighted by Gasteiger charge is -2.12. The second-order valence-corrected chi connectivity index (χ2v) is 6.95. The highest BCUT2D eigenvalue weighted by Gasteiger charge is 2.08. The number of nitrogens with zero attached hydrogens (tertiary/aromatic N) is 3. The fraction of sp³-hybridized carbons (Fsp3) is 0.333. The van der Waals surface area contributed by atoms with Crippen LogP contribution in [0.3, 0.4) is 0 Å². The van der Waals surface area contributed by atoms with Gasteiger partial charge in [-0.1, -0.05) is 6.07 Å². The third-order valence-corrected chi connectivity index (χ3v) is 5.07. The van der Waals surface area contributed by atoms with E-state index in [-0.39, 0.29) is 0 Å². The number of thiophene rings is 1. The van der Waals surface area contributed by atoms with E-state index >= 15 is 0 Å². The maximum atomic E-state index is 4.68. The quantitative estimate of drug-likeness (QED) is 0.756. The van der Waals surface area contributed by atoms with Crippen LogP contribution < -0.4 is 5.32 Å². The van der Waals surface area contributed by atoms with Crippen LogP contribution in [-0.2, 0) is 13.1 Å². The number of hydrogen-bond donors (Lipinski definition) is 1. The van der Waals surface area contributed by atoms with E-state index in [1.165, 1.54) is 10.4 Å². The van der Waals surface area contributed by atoms with Crippen molar-refractivity contribution in [2.45, 2.75) is 33.0 Å². The number of rotatable bonds is 6. The van der Waals surface area contributed by atoms with E-state index in [2.05, 4.69) is 58.3 Å². The van der Waals surface area contributed by atoms with Crippen LogP contribution in [0, 0.1) is 6.92 Å². The molecule has 0 aliphatic heterocycles. The molecule has 1 atom stereocenters. The van der Waals surface area contributed by atoms with Crippen molar-refractivity contribution in [1.29, 1.82) is 0 Å². The molecule has 4 nitrogen and oxygen atoms in total. The van der Waals surface area contributed by atoms with Gasteiger partial charge < -0.3 is 5.32 Å².